The van der Waals surface area contributed by atoms with Crippen LogP contribution < -0.4 is 9.64 Å². The van der Waals surface area contributed by atoms with Gasteiger partial charge in [0.15, 0.2) is 0 Å². The van der Waals surface area contributed by atoms with Crippen LogP contribution in [0.25, 0.3) is 0 Å². The molecule has 2 heterocycles. The number of halogens is 1. The lowest BCUT2D eigenvalue weighted by atomic mass is 10.1. The highest BCUT2D eigenvalue weighted by molar-refractivity contribution is 9.10. The first-order chi connectivity index (χ1) is 8.74. The molecule has 1 aliphatic heterocycles. The molecule has 1 saturated heterocycles. The average Bonchev–Trinajstić information content (AvgIpc) is 2.40. The molecule has 0 aliphatic carbocycles. The van der Waals surface area contributed by atoms with E-state index in [-0.39, 0.29) is 6.10 Å². The summed E-state index contributed by atoms with van der Waals surface area (Å²) in [5.41, 5.74) is 0. The Bertz CT molecular complexity index is 401. The zero-order valence-corrected chi connectivity index (χ0v) is 12.3. The van der Waals surface area contributed by atoms with Crippen molar-refractivity contribution in [1.82, 2.24) is 9.97 Å². The van der Waals surface area contributed by atoms with Crippen LogP contribution in [0.1, 0.15) is 19.8 Å². The number of rotatable bonds is 4. The van der Waals surface area contributed by atoms with Crippen molar-refractivity contribution in [2.24, 2.45) is 0 Å². The first-order valence-corrected chi connectivity index (χ1v) is 6.97. The summed E-state index contributed by atoms with van der Waals surface area (Å²) >= 11 is 3.36. The van der Waals surface area contributed by atoms with Crippen molar-refractivity contribution in [3.8, 4) is 5.88 Å². The Balaban J connectivity index is 2.10. The summed E-state index contributed by atoms with van der Waals surface area (Å²) in [5, 5.41) is 0. The summed E-state index contributed by atoms with van der Waals surface area (Å²) in [5.74, 6) is 1.28. The molecule has 18 heavy (non-hydrogen) atoms. The van der Waals surface area contributed by atoms with E-state index in [1.165, 1.54) is 0 Å². The van der Waals surface area contributed by atoms with E-state index in [1.54, 1.807) is 13.3 Å². The standard InChI is InChI=1S/C12H18BrN3O2/c1-3-18-9-5-4-6-16(8-9)12-14-7-10(13)11(15-12)17-2/h7,9H,3-6,8H2,1-2H3. The van der Waals surface area contributed by atoms with Crippen LogP contribution in [0.3, 0.4) is 0 Å². The molecule has 1 unspecified atom stereocenters. The first-order valence-electron chi connectivity index (χ1n) is 6.17. The van der Waals surface area contributed by atoms with E-state index in [0.717, 1.165) is 37.0 Å². The van der Waals surface area contributed by atoms with E-state index in [9.17, 15) is 0 Å². The van der Waals surface area contributed by atoms with Gasteiger partial charge in [0.25, 0.3) is 0 Å². The molecule has 6 heteroatoms. The Labute approximate surface area is 116 Å². The van der Waals surface area contributed by atoms with Gasteiger partial charge in [-0.2, -0.15) is 4.98 Å². The lowest BCUT2D eigenvalue weighted by molar-refractivity contribution is 0.0523. The minimum Gasteiger partial charge on any atom is -0.480 e. The van der Waals surface area contributed by atoms with E-state index in [0.29, 0.717) is 11.8 Å². The molecule has 1 atom stereocenters. The molecule has 1 fully saturated rings. The van der Waals surface area contributed by atoms with Gasteiger partial charge in [0.05, 0.1) is 23.9 Å². The summed E-state index contributed by atoms with van der Waals surface area (Å²) in [6, 6.07) is 0. The predicted octanol–water partition coefficient (Wildman–Crippen LogP) is 2.25. The molecule has 1 aromatic rings. The number of hydrogen-bond acceptors (Lipinski definition) is 5. The quantitative estimate of drug-likeness (QED) is 0.853. The number of anilines is 1. The molecule has 0 spiro atoms. The van der Waals surface area contributed by atoms with E-state index in [4.69, 9.17) is 9.47 Å². The maximum absolute atomic E-state index is 5.68. The second kappa shape index (κ2) is 6.33. The fraction of sp³-hybridized carbons (Fsp3) is 0.667. The van der Waals surface area contributed by atoms with Gasteiger partial charge in [0, 0.05) is 19.7 Å². The molecule has 0 saturated carbocycles. The normalized spacial score (nSPS) is 19.9. The van der Waals surface area contributed by atoms with Crippen LogP contribution in [0.15, 0.2) is 10.7 Å². The van der Waals surface area contributed by atoms with Crippen molar-refractivity contribution in [1.29, 1.82) is 0 Å². The van der Waals surface area contributed by atoms with Crippen LogP contribution >= 0.6 is 15.9 Å². The fourth-order valence-electron chi connectivity index (χ4n) is 2.13. The molecule has 2 rings (SSSR count). The van der Waals surface area contributed by atoms with Gasteiger partial charge in [-0.15, -0.1) is 0 Å². The van der Waals surface area contributed by atoms with Gasteiger partial charge in [-0.3, -0.25) is 0 Å². The molecule has 0 amide bonds. The van der Waals surface area contributed by atoms with E-state index in [2.05, 4.69) is 30.8 Å². The highest BCUT2D eigenvalue weighted by Gasteiger charge is 2.22. The van der Waals surface area contributed by atoms with Crippen molar-refractivity contribution in [2.75, 3.05) is 31.7 Å². The Morgan fingerprint density at radius 1 is 1.56 bits per heavy atom. The Morgan fingerprint density at radius 3 is 3.11 bits per heavy atom. The first kappa shape index (κ1) is 13.5. The van der Waals surface area contributed by atoms with Crippen LogP contribution in [0.4, 0.5) is 5.95 Å². The van der Waals surface area contributed by atoms with Gasteiger partial charge >= 0.3 is 0 Å². The van der Waals surface area contributed by atoms with Gasteiger partial charge in [0.2, 0.25) is 11.8 Å². The van der Waals surface area contributed by atoms with Gasteiger partial charge in [-0.05, 0) is 35.7 Å². The van der Waals surface area contributed by atoms with Crippen LogP contribution in [-0.4, -0.2) is 42.9 Å². The lowest BCUT2D eigenvalue weighted by Gasteiger charge is -2.32. The predicted molar refractivity (Wildman–Crippen MR) is 73.1 cm³/mol. The van der Waals surface area contributed by atoms with Crippen molar-refractivity contribution >= 4 is 21.9 Å². The van der Waals surface area contributed by atoms with Crippen molar-refractivity contribution in [3.63, 3.8) is 0 Å². The summed E-state index contributed by atoms with van der Waals surface area (Å²) in [4.78, 5) is 10.9. The minimum atomic E-state index is 0.280. The fourth-order valence-corrected chi connectivity index (χ4v) is 2.48. The number of aromatic nitrogens is 2. The van der Waals surface area contributed by atoms with Gasteiger partial charge < -0.3 is 14.4 Å². The minimum absolute atomic E-state index is 0.280. The molecule has 5 nitrogen and oxygen atoms in total. The van der Waals surface area contributed by atoms with E-state index in [1.807, 2.05) is 6.92 Å². The van der Waals surface area contributed by atoms with Crippen molar-refractivity contribution in [2.45, 2.75) is 25.9 Å². The largest absolute Gasteiger partial charge is 0.480 e. The molecular weight excluding hydrogens is 298 g/mol. The summed E-state index contributed by atoms with van der Waals surface area (Å²) in [6.07, 6.45) is 4.22. The lowest BCUT2D eigenvalue weighted by Crippen LogP contribution is -2.40. The van der Waals surface area contributed by atoms with Gasteiger partial charge in [-0.25, -0.2) is 4.98 Å². The van der Waals surface area contributed by atoms with E-state index < -0.39 is 0 Å². The zero-order chi connectivity index (χ0) is 13.0. The molecule has 1 aromatic heterocycles. The molecule has 1 aliphatic rings. The van der Waals surface area contributed by atoms with Gasteiger partial charge in [-0.1, -0.05) is 0 Å². The van der Waals surface area contributed by atoms with Crippen LogP contribution in [-0.2, 0) is 4.74 Å². The number of ether oxygens (including phenoxy) is 2. The monoisotopic (exact) mass is 315 g/mol. The average molecular weight is 316 g/mol. The molecular formula is C12H18BrN3O2. The SMILES string of the molecule is CCOC1CCCN(c2ncc(Br)c(OC)n2)C1. The van der Waals surface area contributed by atoms with E-state index >= 15 is 0 Å². The Kier molecular flexibility index (Phi) is 4.77. The summed E-state index contributed by atoms with van der Waals surface area (Å²) in [6.45, 7) is 4.59. The molecule has 0 bridgehead atoms. The Hall–Kier alpha value is -0.880. The molecule has 0 radical (unpaired) electrons. The third-order valence-electron chi connectivity index (χ3n) is 2.96. The smallest absolute Gasteiger partial charge is 0.232 e. The number of hydrogen-bond donors (Lipinski definition) is 0. The highest BCUT2D eigenvalue weighted by atomic mass is 79.9. The van der Waals surface area contributed by atoms with Crippen LogP contribution in [0, 0.1) is 0 Å². The number of piperidine rings is 1. The topological polar surface area (TPSA) is 47.5 Å². The van der Waals surface area contributed by atoms with Crippen LogP contribution in [0.5, 0.6) is 5.88 Å². The van der Waals surface area contributed by atoms with Crippen molar-refractivity contribution < 1.29 is 9.47 Å². The second-order valence-electron chi connectivity index (χ2n) is 4.19. The maximum Gasteiger partial charge on any atom is 0.232 e. The zero-order valence-electron chi connectivity index (χ0n) is 10.7. The van der Waals surface area contributed by atoms with Crippen LogP contribution in [0.2, 0.25) is 0 Å². The second-order valence-corrected chi connectivity index (χ2v) is 5.05. The number of methoxy groups -OCH3 is 1. The van der Waals surface area contributed by atoms with Crippen molar-refractivity contribution in [3.05, 3.63) is 10.7 Å². The highest BCUT2D eigenvalue weighted by Crippen LogP contribution is 2.25. The molecule has 0 aromatic carbocycles. The summed E-state index contributed by atoms with van der Waals surface area (Å²) in [7, 11) is 1.61. The maximum atomic E-state index is 5.68. The summed E-state index contributed by atoms with van der Waals surface area (Å²) < 4.78 is 11.6. The third kappa shape index (κ3) is 3.11. The molecule has 100 valence electrons. The molecule has 0 N–H and O–H groups in total. The Morgan fingerprint density at radius 2 is 2.39 bits per heavy atom. The van der Waals surface area contributed by atoms with Gasteiger partial charge in [0.1, 0.15) is 0 Å². The number of nitrogens with zero attached hydrogens (tertiary/aromatic N) is 3. The third-order valence-corrected chi connectivity index (χ3v) is 3.50.